The molecule has 1 aliphatic carbocycles. The van der Waals surface area contributed by atoms with E-state index in [9.17, 15) is 9.59 Å². The van der Waals surface area contributed by atoms with Gasteiger partial charge >= 0.3 is 0 Å². The molecule has 0 aromatic heterocycles. The van der Waals surface area contributed by atoms with E-state index in [4.69, 9.17) is 0 Å². The third-order valence-corrected chi connectivity index (χ3v) is 7.50. The van der Waals surface area contributed by atoms with Crippen LogP contribution < -0.4 is 10.6 Å². The number of nitrogens with one attached hydrogen (secondary N) is 2. The van der Waals surface area contributed by atoms with Crippen LogP contribution in [0.2, 0.25) is 0 Å². The number of carbonyl (C=O) groups excluding carboxylic acids is 2. The van der Waals surface area contributed by atoms with Crippen molar-refractivity contribution in [2.75, 3.05) is 18.6 Å². The fraction of sp³-hybridized carbons (Fsp3) is 0.875. The second-order valence-corrected chi connectivity index (χ2v) is 9.19. The molecule has 130 valence electrons. The number of likely N-dealkylation sites (tertiary alicyclic amines) is 1. The largest absolute Gasteiger partial charge is 0.339 e. The lowest BCUT2D eigenvalue weighted by Crippen LogP contribution is -2.45. The summed E-state index contributed by atoms with van der Waals surface area (Å²) in [6.45, 7) is 2.72. The van der Waals surface area contributed by atoms with Crippen molar-refractivity contribution in [3.05, 3.63) is 0 Å². The summed E-state index contributed by atoms with van der Waals surface area (Å²) in [5.74, 6) is 1.02. The van der Waals surface area contributed by atoms with Crippen LogP contribution in [0, 0.1) is 5.92 Å². The lowest BCUT2D eigenvalue weighted by Gasteiger charge is -2.34. The molecule has 1 saturated carbocycles. The summed E-state index contributed by atoms with van der Waals surface area (Å²) in [4.78, 5) is 26.8. The Balaban J connectivity index is 1.53. The fourth-order valence-electron chi connectivity index (χ4n) is 3.80. The zero-order valence-corrected chi connectivity index (χ0v) is 15.5. The van der Waals surface area contributed by atoms with Gasteiger partial charge < -0.3 is 10.2 Å². The highest BCUT2D eigenvalue weighted by molar-refractivity contribution is 8.00. The van der Waals surface area contributed by atoms with Crippen molar-refractivity contribution in [3.8, 4) is 0 Å². The van der Waals surface area contributed by atoms with E-state index in [2.05, 4.69) is 23.8 Å². The molecule has 0 radical (unpaired) electrons. The Bertz CT molecular complexity index is 463. The van der Waals surface area contributed by atoms with E-state index >= 15 is 0 Å². The van der Waals surface area contributed by atoms with Gasteiger partial charge in [0.2, 0.25) is 11.8 Å². The van der Waals surface area contributed by atoms with E-state index < -0.39 is 0 Å². The first-order chi connectivity index (χ1) is 11.1. The predicted octanol–water partition coefficient (Wildman–Crippen LogP) is 1.63. The van der Waals surface area contributed by atoms with Crippen LogP contribution in [0.25, 0.3) is 0 Å². The van der Waals surface area contributed by atoms with E-state index in [0.717, 1.165) is 18.6 Å². The summed E-state index contributed by atoms with van der Waals surface area (Å²) in [7, 11) is 0. The van der Waals surface area contributed by atoms with Crippen molar-refractivity contribution >= 4 is 35.3 Å². The molecule has 0 aromatic carbocycles. The summed E-state index contributed by atoms with van der Waals surface area (Å²) in [5.41, 5.74) is -0.00259. The Kier molecular flexibility index (Phi) is 5.80. The normalized spacial score (nSPS) is 38.1. The highest BCUT2D eigenvalue weighted by Gasteiger charge is 2.40. The van der Waals surface area contributed by atoms with Gasteiger partial charge in [-0.05, 0) is 32.4 Å². The Morgan fingerprint density at radius 3 is 2.96 bits per heavy atom. The minimum absolute atomic E-state index is 0.00259. The summed E-state index contributed by atoms with van der Waals surface area (Å²) >= 11 is 3.64. The van der Waals surface area contributed by atoms with Crippen LogP contribution in [0.4, 0.5) is 0 Å². The molecule has 2 aliphatic heterocycles. The standard InChI is InChI=1S/C16H27N3O2S2/c1-10-9-23-16(17-10)18-15(21)11-6-14(20)19(8-11)12-4-3-5-13(7-12)22-2/h10-13,16-17H,3-9H2,1-2H3,(H,18,21)/t10?,11-,12?,13?,16?/m1/s1. The molecular weight excluding hydrogens is 330 g/mol. The number of hydrogen-bond acceptors (Lipinski definition) is 5. The molecule has 0 bridgehead atoms. The number of hydrogen-bond donors (Lipinski definition) is 2. The zero-order valence-electron chi connectivity index (χ0n) is 13.9. The van der Waals surface area contributed by atoms with Crippen molar-refractivity contribution in [3.63, 3.8) is 0 Å². The van der Waals surface area contributed by atoms with Crippen LogP contribution in [0.3, 0.4) is 0 Å². The maximum atomic E-state index is 12.5. The van der Waals surface area contributed by atoms with Gasteiger partial charge in [0, 0.05) is 36.1 Å². The molecule has 3 aliphatic rings. The third-order valence-electron chi connectivity index (χ3n) is 5.12. The van der Waals surface area contributed by atoms with Gasteiger partial charge in [-0.2, -0.15) is 11.8 Å². The van der Waals surface area contributed by atoms with E-state index in [1.807, 2.05) is 16.7 Å². The molecule has 7 heteroatoms. The SMILES string of the molecule is CSC1CCCC(N2C[C@H](C(=O)NC3NC(C)CS3)CC2=O)C1. The van der Waals surface area contributed by atoms with Crippen LogP contribution in [-0.2, 0) is 9.59 Å². The molecule has 3 fully saturated rings. The monoisotopic (exact) mass is 357 g/mol. The fourth-order valence-corrected chi connectivity index (χ4v) is 5.73. The molecule has 0 spiro atoms. The lowest BCUT2D eigenvalue weighted by molar-refractivity contribution is -0.130. The predicted molar refractivity (Wildman–Crippen MR) is 96.4 cm³/mol. The Labute approximate surface area is 147 Å². The summed E-state index contributed by atoms with van der Waals surface area (Å²) < 4.78 is 0. The van der Waals surface area contributed by atoms with Crippen LogP contribution >= 0.6 is 23.5 Å². The molecule has 23 heavy (non-hydrogen) atoms. The summed E-state index contributed by atoms with van der Waals surface area (Å²) in [5, 5.41) is 7.04. The van der Waals surface area contributed by atoms with Gasteiger partial charge in [-0.3, -0.25) is 14.9 Å². The van der Waals surface area contributed by atoms with Crippen LogP contribution in [-0.4, -0.2) is 58.1 Å². The molecule has 0 aromatic rings. The molecular formula is C16H27N3O2S2. The van der Waals surface area contributed by atoms with Crippen LogP contribution in [0.1, 0.15) is 39.0 Å². The molecule has 5 atom stereocenters. The molecule has 4 unspecified atom stereocenters. The van der Waals surface area contributed by atoms with Gasteiger partial charge in [0.05, 0.1) is 5.92 Å². The van der Waals surface area contributed by atoms with Gasteiger partial charge in [0.25, 0.3) is 0 Å². The topological polar surface area (TPSA) is 61.4 Å². The molecule has 2 N–H and O–H groups in total. The smallest absolute Gasteiger partial charge is 0.227 e. The average Bonchev–Trinajstić information content (AvgIpc) is 3.13. The van der Waals surface area contributed by atoms with Gasteiger partial charge in [-0.1, -0.05) is 6.42 Å². The van der Waals surface area contributed by atoms with Crippen LogP contribution in [0.5, 0.6) is 0 Å². The molecule has 2 amide bonds. The Morgan fingerprint density at radius 2 is 2.26 bits per heavy atom. The van der Waals surface area contributed by atoms with Crippen molar-refractivity contribution in [1.82, 2.24) is 15.5 Å². The van der Waals surface area contributed by atoms with E-state index in [1.165, 1.54) is 12.8 Å². The number of rotatable bonds is 4. The first-order valence-electron chi connectivity index (χ1n) is 8.57. The van der Waals surface area contributed by atoms with E-state index in [1.54, 1.807) is 11.8 Å². The third kappa shape index (κ3) is 4.17. The summed E-state index contributed by atoms with van der Waals surface area (Å²) in [6, 6.07) is 0.767. The number of thioether (sulfide) groups is 2. The second kappa shape index (κ2) is 7.66. The number of nitrogens with zero attached hydrogens (tertiary/aromatic N) is 1. The number of amides is 2. The average molecular weight is 358 g/mol. The lowest BCUT2D eigenvalue weighted by atomic mass is 9.94. The maximum Gasteiger partial charge on any atom is 0.227 e. The first kappa shape index (κ1) is 17.4. The van der Waals surface area contributed by atoms with Gasteiger partial charge in [0.15, 0.2) is 0 Å². The molecule has 5 nitrogen and oxygen atoms in total. The zero-order chi connectivity index (χ0) is 16.4. The van der Waals surface area contributed by atoms with Gasteiger partial charge in [-0.15, -0.1) is 11.8 Å². The van der Waals surface area contributed by atoms with Gasteiger partial charge in [0.1, 0.15) is 5.50 Å². The Hall–Kier alpha value is -0.400. The van der Waals surface area contributed by atoms with Gasteiger partial charge in [-0.25, -0.2) is 0 Å². The molecule has 2 heterocycles. The minimum Gasteiger partial charge on any atom is -0.339 e. The maximum absolute atomic E-state index is 12.5. The van der Waals surface area contributed by atoms with Crippen molar-refractivity contribution in [2.24, 2.45) is 5.92 Å². The van der Waals surface area contributed by atoms with Crippen molar-refractivity contribution in [1.29, 1.82) is 0 Å². The van der Waals surface area contributed by atoms with Crippen molar-refractivity contribution in [2.45, 2.75) is 61.9 Å². The second-order valence-electron chi connectivity index (χ2n) is 6.91. The van der Waals surface area contributed by atoms with Crippen LogP contribution in [0.15, 0.2) is 0 Å². The molecule has 2 saturated heterocycles. The molecule has 3 rings (SSSR count). The first-order valence-corrected chi connectivity index (χ1v) is 10.9. The minimum atomic E-state index is -0.185. The highest BCUT2D eigenvalue weighted by atomic mass is 32.2. The number of carbonyl (C=O) groups is 2. The van der Waals surface area contributed by atoms with Crippen molar-refractivity contribution < 1.29 is 9.59 Å². The van der Waals surface area contributed by atoms with E-state index in [0.29, 0.717) is 30.3 Å². The Morgan fingerprint density at radius 1 is 1.43 bits per heavy atom. The highest BCUT2D eigenvalue weighted by Crippen LogP contribution is 2.33. The summed E-state index contributed by atoms with van der Waals surface area (Å²) in [6.07, 6.45) is 7.15. The van der Waals surface area contributed by atoms with E-state index in [-0.39, 0.29) is 23.2 Å². The quantitative estimate of drug-likeness (QED) is 0.801.